The van der Waals surface area contributed by atoms with Crippen molar-refractivity contribution >= 4 is 17.0 Å². The van der Waals surface area contributed by atoms with E-state index in [0.29, 0.717) is 12.8 Å². The Morgan fingerprint density at radius 2 is 1.76 bits per heavy atom. The van der Waals surface area contributed by atoms with Crippen LogP contribution in [-0.2, 0) is 20.5 Å². The Morgan fingerprint density at radius 1 is 1.20 bits per heavy atom. The first-order valence-corrected chi connectivity index (χ1v) is 9.90. The van der Waals surface area contributed by atoms with Crippen LogP contribution in [-0.4, -0.2) is 33.8 Å². The van der Waals surface area contributed by atoms with Crippen molar-refractivity contribution in [3.8, 4) is 0 Å². The molecule has 0 rings (SSSR count). The molecule has 4 atom stereocenters. The predicted octanol–water partition coefficient (Wildman–Crippen LogP) is 4.36. The standard InChI is InChI=1S/C17H32F3NO3S/c1-7-9-10-24-15(22)13(11-12(3)8-2)14(17(18,19)20)21-25(23)16(4,5)6/h12-14,21H,7-11H2,1-6H3/t12?,13-,14-,25-/m1/s1. The lowest BCUT2D eigenvalue weighted by atomic mass is 9.88. The van der Waals surface area contributed by atoms with Crippen molar-refractivity contribution < 1.29 is 26.9 Å². The number of alkyl halides is 3. The average molecular weight is 388 g/mol. The molecule has 0 bridgehead atoms. The van der Waals surface area contributed by atoms with Gasteiger partial charge in [-0.15, -0.1) is 0 Å². The second kappa shape index (κ2) is 10.5. The monoisotopic (exact) mass is 387 g/mol. The molecule has 0 spiro atoms. The lowest BCUT2D eigenvalue weighted by Crippen LogP contribution is -2.54. The van der Waals surface area contributed by atoms with Crippen molar-refractivity contribution in [2.45, 2.75) is 84.2 Å². The average Bonchev–Trinajstić information content (AvgIpc) is 2.48. The van der Waals surface area contributed by atoms with Gasteiger partial charge < -0.3 is 4.74 Å². The summed E-state index contributed by atoms with van der Waals surface area (Å²) < 4.78 is 59.4. The molecule has 0 aromatic carbocycles. The lowest BCUT2D eigenvalue weighted by molar-refractivity contribution is -0.180. The summed E-state index contributed by atoms with van der Waals surface area (Å²) in [4.78, 5) is 12.3. The highest BCUT2D eigenvalue weighted by molar-refractivity contribution is 7.84. The number of halogens is 3. The highest BCUT2D eigenvalue weighted by atomic mass is 32.2. The molecule has 150 valence electrons. The van der Waals surface area contributed by atoms with E-state index in [0.717, 1.165) is 6.42 Å². The van der Waals surface area contributed by atoms with Gasteiger partial charge in [-0.25, -0.2) is 8.93 Å². The Bertz CT molecular complexity index is 436. The number of hydrogen-bond acceptors (Lipinski definition) is 3. The molecule has 1 unspecified atom stereocenters. The maximum Gasteiger partial charge on any atom is 0.405 e. The molecule has 0 aliphatic rings. The van der Waals surface area contributed by atoms with Crippen LogP contribution >= 0.6 is 0 Å². The number of unbranched alkanes of at least 4 members (excludes halogenated alkanes) is 1. The van der Waals surface area contributed by atoms with Crippen molar-refractivity contribution in [2.24, 2.45) is 11.8 Å². The van der Waals surface area contributed by atoms with Crippen molar-refractivity contribution in [1.82, 2.24) is 4.72 Å². The van der Waals surface area contributed by atoms with Crippen LogP contribution in [0.2, 0.25) is 0 Å². The summed E-state index contributed by atoms with van der Waals surface area (Å²) in [5.41, 5.74) is 0. The zero-order valence-electron chi connectivity index (χ0n) is 16.0. The van der Waals surface area contributed by atoms with E-state index in [-0.39, 0.29) is 18.9 Å². The van der Waals surface area contributed by atoms with Gasteiger partial charge in [0.15, 0.2) is 0 Å². The van der Waals surface area contributed by atoms with E-state index in [1.807, 2.05) is 13.8 Å². The van der Waals surface area contributed by atoms with E-state index < -0.39 is 39.8 Å². The highest BCUT2D eigenvalue weighted by Crippen LogP contribution is 2.32. The maximum absolute atomic E-state index is 13.6. The normalized spacial score (nSPS) is 17.6. The van der Waals surface area contributed by atoms with Crippen LogP contribution in [0.15, 0.2) is 0 Å². The minimum Gasteiger partial charge on any atom is -0.465 e. The van der Waals surface area contributed by atoms with E-state index in [2.05, 4.69) is 4.72 Å². The van der Waals surface area contributed by atoms with Gasteiger partial charge >= 0.3 is 12.1 Å². The third kappa shape index (κ3) is 9.03. The molecule has 0 amide bonds. The fourth-order valence-corrected chi connectivity index (χ4v) is 2.94. The quantitative estimate of drug-likeness (QED) is 0.447. The summed E-state index contributed by atoms with van der Waals surface area (Å²) in [5, 5.41) is 0. The molecule has 8 heteroatoms. The Labute approximate surface area is 151 Å². The van der Waals surface area contributed by atoms with Gasteiger partial charge in [0.2, 0.25) is 0 Å². The summed E-state index contributed by atoms with van der Waals surface area (Å²) >= 11 is 0. The second-order valence-corrected chi connectivity index (χ2v) is 9.39. The Morgan fingerprint density at radius 3 is 2.16 bits per heavy atom. The van der Waals surface area contributed by atoms with Gasteiger partial charge in [-0.05, 0) is 39.5 Å². The van der Waals surface area contributed by atoms with Gasteiger partial charge in [-0.1, -0.05) is 33.6 Å². The number of nitrogens with one attached hydrogen (secondary N) is 1. The molecular weight excluding hydrogens is 355 g/mol. The molecule has 0 heterocycles. The van der Waals surface area contributed by atoms with Crippen molar-refractivity contribution in [3.63, 3.8) is 0 Å². The van der Waals surface area contributed by atoms with Crippen LogP contribution in [0.5, 0.6) is 0 Å². The highest BCUT2D eigenvalue weighted by Gasteiger charge is 2.49. The van der Waals surface area contributed by atoms with Gasteiger partial charge in [0, 0.05) is 0 Å². The molecule has 0 aromatic heterocycles. The molecule has 0 saturated heterocycles. The first-order valence-electron chi connectivity index (χ1n) is 8.75. The van der Waals surface area contributed by atoms with Gasteiger partial charge in [0.25, 0.3) is 0 Å². The van der Waals surface area contributed by atoms with Crippen LogP contribution in [0.1, 0.15) is 67.2 Å². The molecule has 4 nitrogen and oxygen atoms in total. The van der Waals surface area contributed by atoms with Crippen LogP contribution in [0.25, 0.3) is 0 Å². The predicted molar refractivity (Wildman–Crippen MR) is 94.3 cm³/mol. The first kappa shape index (κ1) is 24.4. The zero-order valence-corrected chi connectivity index (χ0v) is 16.9. The first-order chi connectivity index (χ1) is 11.3. The molecular formula is C17H32F3NO3S. The van der Waals surface area contributed by atoms with E-state index in [4.69, 9.17) is 4.74 Å². The number of carbonyl (C=O) groups is 1. The molecule has 0 fully saturated rings. The van der Waals surface area contributed by atoms with Gasteiger partial charge in [0.05, 0.1) is 28.3 Å². The third-order valence-electron chi connectivity index (χ3n) is 3.94. The molecule has 25 heavy (non-hydrogen) atoms. The molecule has 1 N–H and O–H groups in total. The molecule has 0 aliphatic carbocycles. The van der Waals surface area contributed by atoms with E-state index in [1.165, 1.54) is 0 Å². The fourth-order valence-electron chi connectivity index (χ4n) is 2.06. The number of ether oxygens (including phenoxy) is 1. The fraction of sp³-hybridized carbons (Fsp3) is 0.941. The van der Waals surface area contributed by atoms with Crippen LogP contribution in [0.3, 0.4) is 0 Å². The van der Waals surface area contributed by atoms with E-state index >= 15 is 0 Å². The molecule has 0 saturated carbocycles. The number of carbonyl (C=O) groups excluding carboxylic acids is 1. The summed E-state index contributed by atoms with van der Waals surface area (Å²) in [6.45, 7) is 10.4. The van der Waals surface area contributed by atoms with E-state index in [9.17, 15) is 22.2 Å². The Balaban J connectivity index is 5.51. The topological polar surface area (TPSA) is 55.4 Å². The minimum absolute atomic E-state index is 0.0278. The van der Waals surface area contributed by atoms with Crippen molar-refractivity contribution in [1.29, 1.82) is 0 Å². The third-order valence-corrected chi connectivity index (χ3v) is 5.52. The van der Waals surface area contributed by atoms with E-state index in [1.54, 1.807) is 27.7 Å². The zero-order chi connectivity index (χ0) is 19.8. The number of hydrogen-bond donors (Lipinski definition) is 1. The van der Waals surface area contributed by atoms with Crippen LogP contribution < -0.4 is 4.72 Å². The Hall–Kier alpha value is -0.630. The lowest BCUT2D eigenvalue weighted by Gasteiger charge is -2.31. The summed E-state index contributed by atoms with van der Waals surface area (Å²) in [6.07, 6.45) is -2.66. The van der Waals surface area contributed by atoms with Gasteiger partial charge in [-0.3, -0.25) is 4.79 Å². The molecule has 0 aliphatic heterocycles. The summed E-state index contributed by atoms with van der Waals surface area (Å²) in [6, 6.07) is -2.20. The maximum atomic E-state index is 13.6. The summed E-state index contributed by atoms with van der Waals surface area (Å²) in [7, 11) is -1.95. The number of esters is 1. The van der Waals surface area contributed by atoms with Crippen LogP contribution in [0, 0.1) is 11.8 Å². The summed E-state index contributed by atoms with van der Waals surface area (Å²) in [5.74, 6) is -2.38. The SMILES string of the molecule is CCCCOC(=O)[C@H](CC(C)CC)[C@@H](N[S@](=O)C(C)(C)C)C(F)(F)F. The Kier molecular flexibility index (Phi) is 10.2. The smallest absolute Gasteiger partial charge is 0.405 e. The second-order valence-electron chi connectivity index (χ2n) is 7.39. The van der Waals surface area contributed by atoms with Crippen molar-refractivity contribution in [2.75, 3.05) is 6.61 Å². The van der Waals surface area contributed by atoms with Gasteiger partial charge in [0.1, 0.15) is 6.04 Å². The molecule has 0 aromatic rings. The van der Waals surface area contributed by atoms with Gasteiger partial charge in [-0.2, -0.15) is 13.2 Å². The van der Waals surface area contributed by atoms with Crippen LogP contribution in [0.4, 0.5) is 13.2 Å². The largest absolute Gasteiger partial charge is 0.465 e. The minimum atomic E-state index is -4.71. The number of rotatable bonds is 10. The van der Waals surface area contributed by atoms with Crippen molar-refractivity contribution in [3.05, 3.63) is 0 Å². The molecule has 0 radical (unpaired) electrons.